The summed E-state index contributed by atoms with van der Waals surface area (Å²) in [6, 6.07) is 7.25. The van der Waals surface area contributed by atoms with Crippen LogP contribution in [0.1, 0.15) is 10.4 Å². The number of benzene rings is 1. The lowest BCUT2D eigenvalue weighted by Gasteiger charge is -2.27. The molecule has 0 atom stereocenters. The number of methoxy groups -OCH3 is 1. The summed E-state index contributed by atoms with van der Waals surface area (Å²) in [7, 11) is 1.62. The Morgan fingerprint density at radius 3 is 2.04 bits per heavy atom. The molecular formula is C14H17F3N2O4. The van der Waals surface area contributed by atoms with E-state index in [2.05, 4.69) is 5.32 Å². The summed E-state index contributed by atoms with van der Waals surface area (Å²) in [5, 5.41) is 10.4. The van der Waals surface area contributed by atoms with E-state index in [1.54, 1.807) is 7.11 Å². The van der Waals surface area contributed by atoms with E-state index in [0.29, 0.717) is 0 Å². The van der Waals surface area contributed by atoms with Crippen molar-refractivity contribution >= 4 is 11.9 Å². The molecule has 1 aromatic rings. The Balaban J connectivity index is 0.000000322. The molecule has 0 spiro atoms. The number of hydrogen-bond acceptors (Lipinski definition) is 4. The number of carboxylic acids is 1. The van der Waals surface area contributed by atoms with Crippen LogP contribution in [0.15, 0.2) is 24.3 Å². The minimum atomic E-state index is -5.08. The van der Waals surface area contributed by atoms with Crippen LogP contribution in [0, 0.1) is 0 Å². The van der Waals surface area contributed by atoms with Gasteiger partial charge < -0.3 is 20.1 Å². The number of halogens is 3. The number of carbonyl (C=O) groups is 2. The third kappa shape index (κ3) is 6.15. The van der Waals surface area contributed by atoms with E-state index in [1.807, 2.05) is 29.2 Å². The van der Waals surface area contributed by atoms with Gasteiger partial charge in [-0.3, -0.25) is 4.79 Å². The van der Waals surface area contributed by atoms with Crippen LogP contribution in [-0.4, -0.2) is 61.3 Å². The standard InChI is InChI=1S/C12H16N2O2.C2HF3O2/c1-16-11-4-2-10(3-5-11)12(15)14-8-6-13-7-9-14;3-2(4,5)1(6)7/h2-5,13H,6-9H2,1H3;(H,6,7). The minimum Gasteiger partial charge on any atom is -0.497 e. The monoisotopic (exact) mass is 334 g/mol. The Labute approximate surface area is 130 Å². The van der Waals surface area contributed by atoms with Gasteiger partial charge in [0, 0.05) is 31.7 Å². The zero-order chi connectivity index (χ0) is 17.5. The lowest BCUT2D eigenvalue weighted by atomic mass is 10.2. The van der Waals surface area contributed by atoms with Crippen molar-refractivity contribution in [2.24, 2.45) is 0 Å². The fraction of sp³-hybridized carbons (Fsp3) is 0.429. The molecule has 1 fully saturated rings. The summed E-state index contributed by atoms with van der Waals surface area (Å²) >= 11 is 0. The maximum atomic E-state index is 12.1. The molecular weight excluding hydrogens is 317 g/mol. The fourth-order valence-corrected chi connectivity index (χ4v) is 1.78. The van der Waals surface area contributed by atoms with Crippen molar-refractivity contribution in [3.05, 3.63) is 29.8 Å². The smallest absolute Gasteiger partial charge is 0.490 e. The number of alkyl halides is 3. The second kappa shape index (κ2) is 8.37. The van der Waals surface area contributed by atoms with Crippen LogP contribution in [0.5, 0.6) is 5.75 Å². The SMILES string of the molecule is COc1ccc(C(=O)N2CCNCC2)cc1.O=C(O)C(F)(F)F. The second-order valence-corrected chi connectivity index (χ2v) is 4.57. The third-order valence-electron chi connectivity index (χ3n) is 2.98. The quantitative estimate of drug-likeness (QED) is 0.854. The van der Waals surface area contributed by atoms with Gasteiger partial charge in [-0.15, -0.1) is 0 Å². The molecule has 1 aliphatic rings. The van der Waals surface area contributed by atoms with Gasteiger partial charge in [-0.05, 0) is 24.3 Å². The van der Waals surface area contributed by atoms with Gasteiger partial charge in [0.25, 0.3) is 5.91 Å². The number of amides is 1. The second-order valence-electron chi connectivity index (χ2n) is 4.57. The molecule has 0 aromatic heterocycles. The summed E-state index contributed by atoms with van der Waals surface area (Å²) in [5.41, 5.74) is 0.725. The highest BCUT2D eigenvalue weighted by molar-refractivity contribution is 5.94. The van der Waals surface area contributed by atoms with Gasteiger partial charge in [0.2, 0.25) is 0 Å². The van der Waals surface area contributed by atoms with Gasteiger partial charge >= 0.3 is 12.1 Å². The summed E-state index contributed by atoms with van der Waals surface area (Å²) in [6.07, 6.45) is -5.08. The van der Waals surface area contributed by atoms with Crippen LogP contribution in [0.3, 0.4) is 0 Å². The van der Waals surface area contributed by atoms with Crippen LogP contribution in [-0.2, 0) is 4.79 Å². The fourth-order valence-electron chi connectivity index (χ4n) is 1.78. The highest BCUT2D eigenvalue weighted by atomic mass is 19.4. The first-order valence-electron chi connectivity index (χ1n) is 6.70. The Bertz CT molecular complexity index is 526. The molecule has 1 aliphatic heterocycles. The molecule has 6 nitrogen and oxygen atoms in total. The van der Waals surface area contributed by atoms with Crippen molar-refractivity contribution in [3.8, 4) is 5.75 Å². The average molecular weight is 334 g/mol. The van der Waals surface area contributed by atoms with E-state index in [-0.39, 0.29) is 5.91 Å². The molecule has 0 unspecified atom stereocenters. The van der Waals surface area contributed by atoms with E-state index >= 15 is 0 Å². The first kappa shape index (κ1) is 18.8. The molecule has 0 radical (unpaired) electrons. The van der Waals surface area contributed by atoms with E-state index in [4.69, 9.17) is 14.6 Å². The number of piperazine rings is 1. The van der Waals surface area contributed by atoms with Crippen molar-refractivity contribution in [2.75, 3.05) is 33.3 Å². The molecule has 128 valence electrons. The normalized spacial score (nSPS) is 14.5. The topological polar surface area (TPSA) is 78.9 Å². The molecule has 1 aromatic carbocycles. The molecule has 23 heavy (non-hydrogen) atoms. The molecule has 9 heteroatoms. The van der Waals surface area contributed by atoms with Gasteiger partial charge in [0.15, 0.2) is 0 Å². The average Bonchev–Trinajstić information content (AvgIpc) is 2.55. The molecule has 0 saturated carbocycles. The molecule has 0 bridgehead atoms. The number of aliphatic carboxylic acids is 1. The number of rotatable bonds is 2. The predicted molar refractivity (Wildman–Crippen MR) is 75.5 cm³/mol. The zero-order valence-corrected chi connectivity index (χ0v) is 12.4. The Morgan fingerprint density at radius 2 is 1.65 bits per heavy atom. The summed E-state index contributed by atoms with van der Waals surface area (Å²) in [6.45, 7) is 3.32. The van der Waals surface area contributed by atoms with Gasteiger partial charge in [-0.2, -0.15) is 13.2 Å². The van der Waals surface area contributed by atoms with E-state index in [0.717, 1.165) is 37.5 Å². The van der Waals surface area contributed by atoms with Crippen LogP contribution >= 0.6 is 0 Å². The van der Waals surface area contributed by atoms with Gasteiger partial charge in [0.1, 0.15) is 5.75 Å². The number of hydrogen-bond donors (Lipinski definition) is 2. The number of nitrogens with zero attached hydrogens (tertiary/aromatic N) is 1. The first-order chi connectivity index (χ1) is 10.8. The minimum absolute atomic E-state index is 0.101. The largest absolute Gasteiger partial charge is 0.497 e. The van der Waals surface area contributed by atoms with Gasteiger partial charge in [0.05, 0.1) is 7.11 Å². The van der Waals surface area contributed by atoms with Crippen molar-refractivity contribution < 1.29 is 32.6 Å². The number of nitrogens with one attached hydrogen (secondary N) is 1. The Hall–Kier alpha value is -2.29. The third-order valence-corrected chi connectivity index (χ3v) is 2.98. The molecule has 0 aliphatic carbocycles. The van der Waals surface area contributed by atoms with Crippen molar-refractivity contribution in [1.82, 2.24) is 10.2 Å². The highest BCUT2D eigenvalue weighted by Crippen LogP contribution is 2.14. The van der Waals surface area contributed by atoms with Crippen LogP contribution < -0.4 is 10.1 Å². The van der Waals surface area contributed by atoms with Crippen molar-refractivity contribution in [2.45, 2.75) is 6.18 Å². The first-order valence-corrected chi connectivity index (χ1v) is 6.70. The van der Waals surface area contributed by atoms with Crippen molar-refractivity contribution in [1.29, 1.82) is 0 Å². The van der Waals surface area contributed by atoms with Crippen molar-refractivity contribution in [3.63, 3.8) is 0 Å². The zero-order valence-electron chi connectivity index (χ0n) is 12.4. The summed E-state index contributed by atoms with van der Waals surface area (Å²) in [4.78, 5) is 22.8. The van der Waals surface area contributed by atoms with Crippen LogP contribution in [0.4, 0.5) is 13.2 Å². The number of carbonyl (C=O) groups excluding carboxylic acids is 1. The predicted octanol–water partition coefficient (Wildman–Crippen LogP) is 1.37. The van der Waals surface area contributed by atoms with Crippen LogP contribution in [0.2, 0.25) is 0 Å². The van der Waals surface area contributed by atoms with E-state index in [1.165, 1.54) is 0 Å². The number of carboxylic acid groups (broad SMARTS) is 1. The highest BCUT2D eigenvalue weighted by Gasteiger charge is 2.38. The van der Waals surface area contributed by atoms with E-state index < -0.39 is 12.1 Å². The molecule has 1 saturated heterocycles. The van der Waals surface area contributed by atoms with Gasteiger partial charge in [-0.1, -0.05) is 0 Å². The maximum Gasteiger partial charge on any atom is 0.490 e. The summed E-state index contributed by atoms with van der Waals surface area (Å²) in [5.74, 6) is -1.88. The summed E-state index contributed by atoms with van der Waals surface area (Å²) < 4.78 is 36.8. The molecule has 2 N–H and O–H groups in total. The molecule has 2 rings (SSSR count). The maximum absolute atomic E-state index is 12.1. The lowest BCUT2D eigenvalue weighted by molar-refractivity contribution is -0.192. The lowest BCUT2D eigenvalue weighted by Crippen LogP contribution is -2.46. The molecule has 1 amide bonds. The van der Waals surface area contributed by atoms with Gasteiger partial charge in [-0.25, -0.2) is 4.79 Å². The molecule has 1 heterocycles. The Kier molecular flexibility index (Phi) is 6.83. The number of ether oxygens (including phenoxy) is 1. The van der Waals surface area contributed by atoms with Crippen LogP contribution in [0.25, 0.3) is 0 Å². The Morgan fingerprint density at radius 1 is 1.17 bits per heavy atom. The van der Waals surface area contributed by atoms with E-state index in [9.17, 15) is 18.0 Å².